The van der Waals surface area contributed by atoms with E-state index in [-0.39, 0.29) is 11.5 Å². The molecule has 5 heteroatoms. The van der Waals surface area contributed by atoms with Crippen molar-refractivity contribution in [3.8, 4) is 0 Å². The molecule has 0 saturated heterocycles. The van der Waals surface area contributed by atoms with Gasteiger partial charge in [0.2, 0.25) is 0 Å². The number of aliphatic hydroxyl groups excluding tert-OH is 1. The predicted octanol–water partition coefficient (Wildman–Crippen LogP) is 1.54. The van der Waals surface area contributed by atoms with Crippen molar-refractivity contribution in [2.24, 2.45) is 0 Å². The molecule has 1 aliphatic carbocycles. The van der Waals surface area contributed by atoms with E-state index in [9.17, 15) is 13.5 Å². The highest BCUT2D eigenvalue weighted by molar-refractivity contribution is 7.90. The monoisotopic (exact) mass is 253 g/mol. The molecule has 0 radical (unpaired) electrons. The average Bonchev–Trinajstić information content (AvgIpc) is 2.80. The van der Waals surface area contributed by atoms with Crippen molar-refractivity contribution in [3.63, 3.8) is 0 Å². The highest BCUT2D eigenvalue weighted by Gasteiger charge is 2.16. The normalized spacial score (nSPS) is 16.0. The first-order chi connectivity index (χ1) is 8.02. The first-order valence-electron chi connectivity index (χ1n) is 5.51. The summed E-state index contributed by atoms with van der Waals surface area (Å²) in [6.45, 7) is -0.191. The largest absolute Gasteiger partial charge is 0.392 e. The van der Waals surface area contributed by atoms with Gasteiger partial charge in [0.25, 0.3) is 0 Å². The molecule has 1 N–H and O–H groups in total. The van der Waals surface area contributed by atoms with Crippen molar-refractivity contribution < 1.29 is 13.5 Å². The minimum absolute atomic E-state index is 0.156. The van der Waals surface area contributed by atoms with Crippen molar-refractivity contribution in [2.45, 2.75) is 30.8 Å². The van der Waals surface area contributed by atoms with Crippen LogP contribution in [0.15, 0.2) is 23.2 Å². The number of sulfone groups is 1. The second-order valence-corrected chi connectivity index (χ2v) is 6.25. The minimum atomic E-state index is -3.27. The van der Waals surface area contributed by atoms with Gasteiger partial charge < -0.3 is 5.11 Å². The van der Waals surface area contributed by atoms with Crippen LogP contribution >= 0.6 is 0 Å². The van der Waals surface area contributed by atoms with Gasteiger partial charge in [-0.3, -0.25) is 4.98 Å². The average molecular weight is 253 g/mol. The number of rotatable bonds is 3. The molecule has 1 aromatic heterocycles. The lowest BCUT2D eigenvalue weighted by Gasteiger charge is -2.09. The van der Waals surface area contributed by atoms with Crippen LogP contribution in [-0.2, 0) is 16.4 Å². The Labute approximate surface area is 101 Å². The maximum absolute atomic E-state index is 11.4. The molecule has 0 bridgehead atoms. The van der Waals surface area contributed by atoms with Gasteiger partial charge in [-0.1, -0.05) is 6.08 Å². The zero-order chi connectivity index (χ0) is 12.5. The van der Waals surface area contributed by atoms with Gasteiger partial charge in [-0.2, -0.15) is 0 Å². The van der Waals surface area contributed by atoms with Gasteiger partial charge in [-0.25, -0.2) is 8.42 Å². The molecule has 4 nitrogen and oxygen atoms in total. The third-order valence-corrected chi connectivity index (χ3v) is 3.96. The molecule has 0 aliphatic heterocycles. The lowest BCUT2D eigenvalue weighted by Crippen LogP contribution is -2.03. The van der Waals surface area contributed by atoms with E-state index < -0.39 is 9.84 Å². The van der Waals surface area contributed by atoms with Crippen LogP contribution in [0.25, 0.3) is 5.57 Å². The number of hydrogen-bond donors (Lipinski definition) is 1. The predicted molar refractivity (Wildman–Crippen MR) is 65.1 cm³/mol. The van der Waals surface area contributed by atoms with Gasteiger partial charge in [-0.05, 0) is 30.9 Å². The smallest absolute Gasteiger partial charge is 0.177 e. The second kappa shape index (κ2) is 4.58. The highest BCUT2D eigenvalue weighted by Crippen LogP contribution is 2.29. The number of hydrogen-bond acceptors (Lipinski definition) is 4. The topological polar surface area (TPSA) is 67.3 Å². The fraction of sp³-hybridized carbons (Fsp3) is 0.417. The van der Waals surface area contributed by atoms with Crippen molar-refractivity contribution in [1.82, 2.24) is 4.98 Å². The number of nitrogens with zero attached hydrogens (tertiary/aromatic N) is 1. The number of aromatic nitrogens is 1. The molecule has 0 atom stereocenters. The van der Waals surface area contributed by atoms with E-state index >= 15 is 0 Å². The number of aliphatic hydroxyl groups is 1. The number of pyridine rings is 1. The zero-order valence-corrected chi connectivity index (χ0v) is 10.5. The molecule has 1 aliphatic rings. The van der Waals surface area contributed by atoms with Crippen LogP contribution in [0.1, 0.15) is 30.5 Å². The Morgan fingerprint density at radius 3 is 2.76 bits per heavy atom. The molecule has 0 amide bonds. The van der Waals surface area contributed by atoms with Gasteiger partial charge in [0.15, 0.2) is 9.84 Å². The first-order valence-corrected chi connectivity index (χ1v) is 7.41. The summed E-state index contributed by atoms with van der Waals surface area (Å²) in [5.74, 6) is 0. The van der Waals surface area contributed by atoms with Crippen LogP contribution in [0.4, 0.5) is 0 Å². The maximum atomic E-state index is 11.4. The summed E-state index contributed by atoms with van der Waals surface area (Å²) >= 11 is 0. The van der Waals surface area contributed by atoms with Crippen molar-refractivity contribution >= 4 is 15.4 Å². The molecule has 0 aromatic carbocycles. The van der Waals surface area contributed by atoms with Crippen LogP contribution in [0, 0.1) is 0 Å². The van der Waals surface area contributed by atoms with Crippen molar-refractivity contribution in [3.05, 3.63) is 29.6 Å². The van der Waals surface area contributed by atoms with E-state index in [2.05, 4.69) is 11.1 Å². The van der Waals surface area contributed by atoms with Crippen LogP contribution in [0.5, 0.6) is 0 Å². The van der Waals surface area contributed by atoms with Crippen LogP contribution < -0.4 is 0 Å². The SMILES string of the molecule is CS(=O)(=O)c1cnc(C2=CCCC2)c(CO)c1. The van der Waals surface area contributed by atoms with Crippen molar-refractivity contribution in [1.29, 1.82) is 0 Å². The minimum Gasteiger partial charge on any atom is -0.392 e. The Morgan fingerprint density at radius 2 is 2.24 bits per heavy atom. The van der Waals surface area contributed by atoms with E-state index in [0.717, 1.165) is 36.8 Å². The Kier molecular flexibility index (Phi) is 3.31. The summed E-state index contributed by atoms with van der Waals surface area (Å²) in [5, 5.41) is 9.31. The molecule has 17 heavy (non-hydrogen) atoms. The van der Waals surface area contributed by atoms with E-state index in [1.807, 2.05) is 0 Å². The Morgan fingerprint density at radius 1 is 1.47 bits per heavy atom. The Balaban J connectivity index is 2.49. The van der Waals surface area contributed by atoms with Crippen LogP contribution in [0.3, 0.4) is 0 Å². The lowest BCUT2D eigenvalue weighted by molar-refractivity contribution is 0.280. The Bertz CT molecular complexity index is 561. The summed E-state index contributed by atoms with van der Waals surface area (Å²) in [5.41, 5.74) is 2.42. The molecule has 1 aromatic rings. The van der Waals surface area contributed by atoms with E-state index in [1.165, 1.54) is 12.3 Å². The molecular formula is C12H15NO3S. The summed E-state index contributed by atoms with van der Waals surface area (Å²) < 4.78 is 22.8. The molecule has 2 rings (SSSR count). The maximum Gasteiger partial charge on any atom is 0.177 e. The quantitative estimate of drug-likeness (QED) is 0.887. The standard InChI is InChI=1S/C12H15NO3S/c1-17(15,16)11-6-10(8-14)12(13-7-11)9-4-2-3-5-9/h4,6-7,14H,2-3,5,8H2,1H3. The summed E-state index contributed by atoms with van der Waals surface area (Å²) in [6.07, 6.45) is 7.66. The van der Waals surface area contributed by atoms with Crippen LogP contribution in [0.2, 0.25) is 0 Å². The fourth-order valence-corrected chi connectivity index (χ4v) is 2.59. The van der Waals surface area contributed by atoms with Crippen molar-refractivity contribution in [2.75, 3.05) is 6.26 Å². The third kappa shape index (κ3) is 2.56. The Hall–Kier alpha value is -1.20. The van der Waals surface area contributed by atoms with E-state index in [4.69, 9.17) is 0 Å². The molecule has 92 valence electrons. The first kappa shape index (κ1) is 12.3. The van der Waals surface area contributed by atoms with Gasteiger partial charge in [0.05, 0.1) is 17.2 Å². The van der Waals surface area contributed by atoms with Gasteiger partial charge in [-0.15, -0.1) is 0 Å². The highest BCUT2D eigenvalue weighted by atomic mass is 32.2. The molecule has 0 fully saturated rings. The molecule has 1 heterocycles. The van der Waals surface area contributed by atoms with Gasteiger partial charge in [0, 0.05) is 18.0 Å². The summed E-state index contributed by atoms with van der Waals surface area (Å²) in [7, 11) is -3.27. The summed E-state index contributed by atoms with van der Waals surface area (Å²) in [4.78, 5) is 4.35. The van der Waals surface area contributed by atoms with Crippen LogP contribution in [-0.4, -0.2) is 24.8 Å². The summed E-state index contributed by atoms with van der Waals surface area (Å²) in [6, 6.07) is 1.51. The molecular weight excluding hydrogens is 238 g/mol. The van der Waals surface area contributed by atoms with Gasteiger partial charge >= 0.3 is 0 Å². The third-order valence-electron chi connectivity index (χ3n) is 2.89. The molecule has 0 saturated carbocycles. The number of allylic oxidation sites excluding steroid dienone is 2. The lowest BCUT2D eigenvalue weighted by atomic mass is 10.1. The van der Waals surface area contributed by atoms with E-state index in [1.54, 1.807) is 0 Å². The molecule has 0 spiro atoms. The molecule has 0 unspecified atom stereocenters. The zero-order valence-electron chi connectivity index (χ0n) is 9.68. The fourth-order valence-electron chi connectivity index (χ4n) is 1.99. The van der Waals surface area contributed by atoms with Gasteiger partial charge in [0.1, 0.15) is 0 Å². The second-order valence-electron chi connectivity index (χ2n) is 4.23. The van der Waals surface area contributed by atoms with E-state index in [0.29, 0.717) is 5.56 Å².